The number of aromatic nitrogens is 1. The van der Waals surface area contributed by atoms with Gasteiger partial charge < -0.3 is 4.42 Å². The second-order valence-electron chi connectivity index (χ2n) is 5.03. The summed E-state index contributed by atoms with van der Waals surface area (Å²) in [7, 11) is 0. The molecule has 0 atom stereocenters. The molecule has 0 unspecified atom stereocenters. The summed E-state index contributed by atoms with van der Waals surface area (Å²) in [6.07, 6.45) is 11.1. The zero-order valence-corrected chi connectivity index (χ0v) is 10.3. The van der Waals surface area contributed by atoms with Crippen molar-refractivity contribution in [3.8, 4) is 0 Å². The van der Waals surface area contributed by atoms with Gasteiger partial charge in [0.2, 0.25) is 0 Å². The van der Waals surface area contributed by atoms with E-state index >= 15 is 0 Å². The van der Waals surface area contributed by atoms with Crippen LogP contribution in [-0.2, 0) is 0 Å². The Hall–Kier alpha value is -1.77. The highest BCUT2D eigenvalue weighted by Crippen LogP contribution is 2.25. The molecule has 0 bridgehead atoms. The molecule has 0 saturated heterocycles. The first-order valence-electron chi connectivity index (χ1n) is 6.62. The average Bonchev–Trinajstić information content (AvgIpc) is 2.77. The number of fused-ring (bicyclic) bond motifs is 1. The third kappa shape index (κ3) is 2.40. The van der Waals surface area contributed by atoms with Gasteiger partial charge in [-0.1, -0.05) is 37.5 Å². The smallest absolute Gasteiger partial charge is 0.408 e. The number of rotatable bonds is 2. The third-order valence-electron chi connectivity index (χ3n) is 3.66. The monoisotopic (exact) mass is 243 g/mol. The highest BCUT2D eigenvalue weighted by Gasteiger charge is 2.09. The fraction of sp³-hybridized carbons (Fsp3) is 0.400. The van der Waals surface area contributed by atoms with E-state index in [-0.39, 0.29) is 0 Å². The van der Waals surface area contributed by atoms with Crippen molar-refractivity contribution < 1.29 is 4.42 Å². The van der Waals surface area contributed by atoms with E-state index in [1.165, 1.54) is 32.1 Å². The summed E-state index contributed by atoms with van der Waals surface area (Å²) >= 11 is 0. The largest absolute Gasteiger partial charge is 0.417 e. The van der Waals surface area contributed by atoms with Gasteiger partial charge in [0.1, 0.15) is 0 Å². The number of aromatic amines is 1. The van der Waals surface area contributed by atoms with Crippen LogP contribution in [0, 0.1) is 5.92 Å². The van der Waals surface area contributed by atoms with Gasteiger partial charge in [-0.3, -0.25) is 4.98 Å². The third-order valence-corrected chi connectivity index (χ3v) is 3.66. The molecule has 1 aromatic heterocycles. The quantitative estimate of drug-likeness (QED) is 0.873. The molecule has 3 rings (SSSR count). The second-order valence-corrected chi connectivity index (χ2v) is 5.03. The Kier molecular flexibility index (Phi) is 3.05. The van der Waals surface area contributed by atoms with Crippen LogP contribution in [-0.4, -0.2) is 4.98 Å². The summed E-state index contributed by atoms with van der Waals surface area (Å²) in [5.41, 5.74) is 2.48. The van der Waals surface area contributed by atoms with E-state index in [1.807, 2.05) is 18.2 Å². The molecular formula is C15H17NO2. The average molecular weight is 243 g/mol. The van der Waals surface area contributed by atoms with E-state index in [1.54, 1.807) is 0 Å². The molecule has 1 aliphatic carbocycles. The maximum absolute atomic E-state index is 11.1. The first-order valence-corrected chi connectivity index (χ1v) is 6.62. The molecule has 0 spiro atoms. The Bertz CT molecular complexity index is 615. The van der Waals surface area contributed by atoms with Crippen LogP contribution < -0.4 is 5.76 Å². The van der Waals surface area contributed by atoms with E-state index < -0.39 is 5.76 Å². The molecule has 1 saturated carbocycles. The van der Waals surface area contributed by atoms with Crippen LogP contribution in [0.4, 0.5) is 0 Å². The number of oxazole rings is 1. The summed E-state index contributed by atoms with van der Waals surface area (Å²) < 4.78 is 5.06. The number of hydrogen-bond acceptors (Lipinski definition) is 2. The first kappa shape index (κ1) is 11.3. The molecule has 3 nitrogen and oxygen atoms in total. The number of H-pyrrole nitrogens is 1. The first-order chi connectivity index (χ1) is 8.81. The lowest BCUT2D eigenvalue weighted by atomic mass is 9.89. The van der Waals surface area contributed by atoms with Gasteiger partial charge in [0, 0.05) is 0 Å². The van der Waals surface area contributed by atoms with Crippen molar-refractivity contribution in [1.82, 2.24) is 4.98 Å². The maximum Gasteiger partial charge on any atom is 0.417 e. The molecule has 0 amide bonds. The van der Waals surface area contributed by atoms with Gasteiger partial charge in [0.05, 0.1) is 5.52 Å². The molecule has 94 valence electrons. The number of benzene rings is 1. The van der Waals surface area contributed by atoms with Crippen LogP contribution in [0.5, 0.6) is 0 Å². The Balaban J connectivity index is 1.81. The minimum absolute atomic E-state index is 0.390. The van der Waals surface area contributed by atoms with E-state index in [9.17, 15) is 4.79 Å². The minimum Gasteiger partial charge on any atom is -0.408 e. The lowest BCUT2D eigenvalue weighted by Gasteiger charge is -2.17. The predicted molar refractivity (Wildman–Crippen MR) is 72.4 cm³/mol. The Labute approximate surface area is 106 Å². The van der Waals surface area contributed by atoms with E-state index in [4.69, 9.17) is 4.42 Å². The van der Waals surface area contributed by atoms with Gasteiger partial charge >= 0.3 is 5.76 Å². The molecule has 1 aliphatic rings. The van der Waals surface area contributed by atoms with Crippen LogP contribution in [0.25, 0.3) is 17.2 Å². The van der Waals surface area contributed by atoms with Crippen LogP contribution in [0.1, 0.15) is 37.7 Å². The molecule has 18 heavy (non-hydrogen) atoms. The van der Waals surface area contributed by atoms with Gasteiger partial charge in [0.15, 0.2) is 5.58 Å². The fourth-order valence-electron chi connectivity index (χ4n) is 2.64. The normalized spacial score (nSPS) is 17.8. The second kappa shape index (κ2) is 4.84. The molecule has 1 fully saturated rings. The van der Waals surface area contributed by atoms with Crippen molar-refractivity contribution in [2.45, 2.75) is 32.1 Å². The molecule has 2 aromatic rings. The number of hydrogen-bond donors (Lipinski definition) is 1. The number of allylic oxidation sites excluding steroid dienone is 1. The highest BCUT2D eigenvalue weighted by atomic mass is 16.4. The summed E-state index contributed by atoms with van der Waals surface area (Å²) in [6, 6.07) is 5.81. The van der Waals surface area contributed by atoms with Crippen molar-refractivity contribution in [2.24, 2.45) is 5.92 Å². The predicted octanol–water partition coefficient (Wildman–Crippen LogP) is 3.71. The molecule has 0 aliphatic heterocycles. The standard InChI is InChI=1S/C15H17NO2/c17-15-16-13-9-8-12(10-14(13)18-15)7-6-11-4-2-1-3-5-11/h6-11H,1-5H2,(H,16,17)/b7-6+. The fourth-order valence-corrected chi connectivity index (χ4v) is 2.64. The molecule has 0 radical (unpaired) electrons. The van der Waals surface area contributed by atoms with Crippen molar-refractivity contribution in [1.29, 1.82) is 0 Å². The van der Waals surface area contributed by atoms with Crippen molar-refractivity contribution >= 4 is 17.2 Å². The van der Waals surface area contributed by atoms with Crippen molar-refractivity contribution in [2.75, 3.05) is 0 Å². The molecule has 1 N–H and O–H groups in total. The lowest BCUT2D eigenvalue weighted by molar-refractivity contribution is 0.420. The van der Waals surface area contributed by atoms with E-state index in [2.05, 4.69) is 17.1 Å². The van der Waals surface area contributed by atoms with E-state index in [0.717, 1.165) is 11.1 Å². The SMILES string of the molecule is O=c1[nH]c2ccc(/C=C/C3CCCCC3)cc2o1. The molecular weight excluding hydrogens is 226 g/mol. The van der Waals surface area contributed by atoms with Crippen LogP contribution in [0.2, 0.25) is 0 Å². The Morgan fingerprint density at radius 3 is 2.89 bits per heavy atom. The van der Waals surface area contributed by atoms with E-state index in [0.29, 0.717) is 11.5 Å². The molecule has 3 heteroatoms. The zero-order chi connectivity index (χ0) is 12.4. The van der Waals surface area contributed by atoms with Crippen molar-refractivity contribution in [3.05, 3.63) is 40.4 Å². The van der Waals surface area contributed by atoms with Gasteiger partial charge in [-0.05, 0) is 36.5 Å². The Morgan fingerprint density at radius 2 is 2.06 bits per heavy atom. The van der Waals surface area contributed by atoms with Crippen LogP contribution in [0.3, 0.4) is 0 Å². The summed E-state index contributed by atoms with van der Waals surface area (Å²) in [4.78, 5) is 13.7. The molecule has 1 aromatic carbocycles. The molecule has 1 heterocycles. The summed E-state index contributed by atoms with van der Waals surface area (Å²) in [6.45, 7) is 0. The van der Waals surface area contributed by atoms with Gasteiger partial charge in [-0.15, -0.1) is 0 Å². The van der Waals surface area contributed by atoms with Gasteiger partial charge in [-0.25, -0.2) is 4.79 Å². The minimum atomic E-state index is -0.390. The van der Waals surface area contributed by atoms with Crippen molar-refractivity contribution in [3.63, 3.8) is 0 Å². The summed E-state index contributed by atoms with van der Waals surface area (Å²) in [5.74, 6) is 0.325. The zero-order valence-electron chi connectivity index (χ0n) is 10.3. The van der Waals surface area contributed by atoms with Crippen LogP contribution in [0.15, 0.2) is 33.5 Å². The Morgan fingerprint density at radius 1 is 1.22 bits per heavy atom. The van der Waals surface area contributed by atoms with Gasteiger partial charge in [0.25, 0.3) is 0 Å². The van der Waals surface area contributed by atoms with Crippen LogP contribution >= 0.6 is 0 Å². The number of nitrogens with one attached hydrogen (secondary N) is 1. The maximum atomic E-state index is 11.1. The topological polar surface area (TPSA) is 46.0 Å². The van der Waals surface area contributed by atoms with Gasteiger partial charge in [-0.2, -0.15) is 0 Å². The lowest BCUT2D eigenvalue weighted by Crippen LogP contribution is -2.02. The highest BCUT2D eigenvalue weighted by molar-refractivity contribution is 5.75. The summed E-state index contributed by atoms with van der Waals surface area (Å²) in [5, 5.41) is 0.